The van der Waals surface area contributed by atoms with E-state index in [-0.39, 0.29) is 17.7 Å². The lowest BCUT2D eigenvalue weighted by molar-refractivity contribution is 0.0581. The Morgan fingerprint density at radius 3 is 2.00 bits per heavy atom. The van der Waals surface area contributed by atoms with Crippen LogP contribution < -0.4 is 0 Å². The van der Waals surface area contributed by atoms with Crippen LogP contribution in [0.5, 0.6) is 0 Å². The first-order chi connectivity index (χ1) is 8.45. The van der Waals surface area contributed by atoms with Gasteiger partial charge in [-0.15, -0.1) is 0 Å². The van der Waals surface area contributed by atoms with Crippen LogP contribution >= 0.6 is 0 Å². The van der Waals surface area contributed by atoms with Crippen LogP contribution in [-0.2, 0) is 0 Å². The zero-order chi connectivity index (χ0) is 13.4. The molecule has 3 heteroatoms. The highest BCUT2D eigenvalue weighted by atomic mass is 16.2. The van der Waals surface area contributed by atoms with Gasteiger partial charge < -0.3 is 0 Å². The zero-order valence-corrected chi connectivity index (χ0v) is 10.3. The second-order valence-corrected chi connectivity index (χ2v) is 4.70. The van der Waals surface area contributed by atoms with Gasteiger partial charge in [0.2, 0.25) is 0 Å². The summed E-state index contributed by atoms with van der Waals surface area (Å²) in [5, 5.41) is 0. The number of carbonyl (C=O) groups excluding carboxylic acids is 2. The van der Waals surface area contributed by atoms with Crippen molar-refractivity contribution in [1.29, 1.82) is 0 Å². The third-order valence-corrected chi connectivity index (χ3v) is 2.90. The molecule has 0 saturated carbocycles. The van der Waals surface area contributed by atoms with Crippen LogP contribution in [0.3, 0.4) is 0 Å². The second kappa shape index (κ2) is 4.32. The summed E-state index contributed by atoms with van der Waals surface area (Å²) in [5.74, 6) is -0.452. The van der Waals surface area contributed by atoms with Crippen molar-refractivity contribution in [3.05, 3.63) is 35.4 Å². The smallest absolute Gasteiger partial charge is 0.261 e. The molecule has 1 aliphatic rings. The van der Waals surface area contributed by atoms with Gasteiger partial charge in [0, 0.05) is 7.41 Å². The fraction of sp³-hybridized carbons (Fsp3) is 0.429. The van der Waals surface area contributed by atoms with Gasteiger partial charge in [0.25, 0.3) is 11.8 Å². The maximum Gasteiger partial charge on any atom is 0.261 e. The first-order valence-corrected chi connectivity index (χ1v) is 5.84. The van der Waals surface area contributed by atoms with E-state index in [1.807, 2.05) is 13.8 Å². The molecule has 17 heavy (non-hydrogen) atoms. The summed E-state index contributed by atoms with van der Waals surface area (Å²) in [7, 11) is 0. The number of fused-ring (bicyclic) bond motifs is 1. The Hall–Kier alpha value is -1.64. The Morgan fingerprint density at radius 2 is 1.59 bits per heavy atom. The molecular formula is C14H17NO2. The lowest BCUT2D eigenvalue weighted by Crippen LogP contribution is -2.38. The van der Waals surface area contributed by atoms with Crippen LogP contribution in [0.1, 0.15) is 49.3 Å². The average molecular weight is 232 g/mol. The average Bonchev–Trinajstić information content (AvgIpc) is 2.61. The standard InChI is InChI=1S/C14H17NO2/c1-9(2)8-10(3)15-13(16)11-6-4-5-7-12(11)14(15)17/h4-7,9-10H,8H2,1-3H3/t10-/m1/s1/i8D/t8-,10-. The minimum atomic E-state index is -0.466. The lowest BCUT2D eigenvalue weighted by atomic mass is 10.0. The highest BCUT2D eigenvalue weighted by Gasteiger charge is 2.37. The van der Waals surface area contributed by atoms with Gasteiger partial charge in [-0.3, -0.25) is 14.5 Å². The lowest BCUT2D eigenvalue weighted by Gasteiger charge is -2.23. The minimum Gasteiger partial charge on any atom is -0.271 e. The first kappa shape index (κ1) is 10.5. The van der Waals surface area contributed by atoms with Crippen molar-refractivity contribution >= 4 is 11.8 Å². The molecule has 1 heterocycles. The Labute approximate surface area is 103 Å². The van der Waals surface area contributed by atoms with E-state index < -0.39 is 12.4 Å². The van der Waals surface area contributed by atoms with Gasteiger partial charge in [-0.2, -0.15) is 0 Å². The highest BCUT2D eigenvalue weighted by molar-refractivity contribution is 6.21. The molecule has 0 bridgehead atoms. The predicted octanol–water partition coefficient (Wildman–Crippen LogP) is 2.72. The van der Waals surface area contributed by atoms with Gasteiger partial charge >= 0.3 is 0 Å². The molecule has 0 aromatic heterocycles. The van der Waals surface area contributed by atoms with E-state index in [1.165, 1.54) is 4.90 Å². The van der Waals surface area contributed by atoms with Gasteiger partial charge in [0.15, 0.2) is 0 Å². The van der Waals surface area contributed by atoms with E-state index in [9.17, 15) is 9.59 Å². The summed E-state index contributed by atoms with van der Waals surface area (Å²) in [6, 6.07) is 6.42. The Morgan fingerprint density at radius 1 is 1.12 bits per heavy atom. The topological polar surface area (TPSA) is 37.4 Å². The van der Waals surface area contributed by atoms with Gasteiger partial charge in [-0.25, -0.2) is 0 Å². The molecule has 1 aliphatic heterocycles. The van der Waals surface area contributed by atoms with Crippen LogP contribution in [0.4, 0.5) is 0 Å². The van der Waals surface area contributed by atoms with Crippen molar-refractivity contribution < 1.29 is 11.0 Å². The van der Waals surface area contributed by atoms with E-state index in [0.29, 0.717) is 11.1 Å². The van der Waals surface area contributed by atoms with Crippen LogP contribution in [0.25, 0.3) is 0 Å². The van der Waals surface area contributed by atoms with Gasteiger partial charge in [0.1, 0.15) is 0 Å². The second-order valence-electron chi connectivity index (χ2n) is 4.70. The molecule has 0 N–H and O–H groups in total. The van der Waals surface area contributed by atoms with Crippen molar-refractivity contribution in [2.24, 2.45) is 5.92 Å². The van der Waals surface area contributed by atoms with Gasteiger partial charge in [-0.05, 0) is 31.4 Å². The molecule has 0 radical (unpaired) electrons. The van der Waals surface area contributed by atoms with Crippen molar-refractivity contribution in [2.45, 2.75) is 33.2 Å². The molecule has 0 fully saturated rings. The van der Waals surface area contributed by atoms with E-state index in [1.54, 1.807) is 31.2 Å². The number of amides is 2. The fourth-order valence-electron chi connectivity index (χ4n) is 2.22. The third kappa shape index (κ3) is 1.97. The van der Waals surface area contributed by atoms with E-state index >= 15 is 0 Å². The number of nitrogens with zero attached hydrogens (tertiary/aromatic N) is 1. The summed E-state index contributed by atoms with van der Waals surface area (Å²) in [6.45, 7) is 5.61. The molecule has 2 amide bonds. The Balaban J connectivity index is 2.34. The van der Waals surface area contributed by atoms with Crippen molar-refractivity contribution in [1.82, 2.24) is 4.90 Å². The quantitative estimate of drug-likeness (QED) is 0.751. The summed E-state index contributed by atoms with van der Waals surface area (Å²) in [5.41, 5.74) is 0.899. The molecule has 0 aliphatic carbocycles. The summed E-state index contributed by atoms with van der Waals surface area (Å²) in [6.07, 6.45) is -0.466. The van der Waals surface area contributed by atoms with Crippen molar-refractivity contribution in [2.75, 3.05) is 0 Å². The molecule has 1 aromatic carbocycles. The molecule has 0 unspecified atom stereocenters. The number of carbonyl (C=O) groups is 2. The van der Waals surface area contributed by atoms with Gasteiger partial charge in [-0.1, -0.05) is 26.0 Å². The van der Waals surface area contributed by atoms with Crippen LogP contribution in [0.2, 0.25) is 0 Å². The van der Waals surface area contributed by atoms with Gasteiger partial charge in [0.05, 0.1) is 11.1 Å². The van der Waals surface area contributed by atoms with Crippen molar-refractivity contribution in [3.63, 3.8) is 0 Å². The molecule has 0 spiro atoms. The zero-order valence-electron chi connectivity index (χ0n) is 11.3. The fourth-order valence-corrected chi connectivity index (χ4v) is 2.22. The first-order valence-electron chi connectivity index (χ1n) is 6.42. The number of benzene rings is 1. The van der Waals surface area contributed by atoms with E-state index in [2.05, 4.69) is 0 Å². The molecule has 1 aromatic rings. The highest BCUT2D eigenvalue weighted by Crippen LogP contribution is 2.26. The molecule has 3 nitrogen and oxygen atoms in total. The summed E-state index contributed by atoms with van der Waals surface area (Å²) < 4.78 is 8.04. The Kier molecular flexibility index (Phi) is 2.67. The monoisotopic (exact) mass is 232 g/mol. The molecule has 90 valence electrons. The van der Waals surface area contributed by atoms with Crippen LogP contribution in [0.15, 0.2) is 24.3 Å². The molecule has 0 saturated heterocycles. The third-order valence-electron chi connectivity index (χ3n) is 2.90. The number of hydrogen-bond donors (Lipinski definition) is 0. The number of rotatable bonds is 3. The summed E-state index contributed by atoms with van der Waals surface area (Å²) >= 11 is 0. The molecular weight excluding hydrogens is 214 g/mol. The van der Waals surface area contributed by atoms with Crippen LogP contribution in [0, 0.1) is 5.92 Å². The molecule has 2 rings (SSSR count). The summed E-state index contributed by atoms with van der Waals surface area (Å²) in [4.78, 5) is 25.6. The Bertz CT molecular complexity index is 463. The van der Waals surface area contributed by atoms with E-state index in [0.717, 1.165) is 0 Å². The number of hydrogen-bond acceptors (Lipinski definition) is 2. The van der Waals surface area contributed by atoms with Crippen LogP contribution in [-0.4, -0.2) is 22.8 Å². The normalized spacial score (nSPS) is 19.3. The van der Waals surface area contributed by atoms with E-state index in [4.69, 9.17) is 1.37 Å². The predicted molar refractivity (Wildman–Crippen MR) is 65.9 cm³/mol. The minimum absolute atomic E-state index is 0.101. The number of imide groups is 1. The SMILES string of the molecule is [2H][C@H](C(C)C)[C@@H](C)N1C(=O)c2ccccc2C1=O. The maximum absolute atomic E-state index is 12.2. The molecule has 2 atom stereocenters. The maximum atomic E-state index is 12.2. The largest absolute Gasteiger partial charge is 0.271 e. The van der Waals surface area contributed by atoms with Crippen molar-refractivity contribution in [3.8, 4) is 0 Å².